The van der Waals surface area contributed by atoms with E-state index in [1.54, 1.807) is 18.6 Å². The molecule has 1 fully saturated rings. The summed E-state index contributed by atoms with van der Waals surface area (Å²) in [5.74, 6) is 1.41. The number of nitrogens with zero attached hydrogens (tertiary/aromatic N) is 4. The predicted octanol–water partition coefficient (Wildman–Crippen LogP) is 6.47. The highest BCUT2D eigenvalue weighted by molar-refractivity contribution is 5.97. The zero-order valence-corrected chi connectivity index (χ0v) is 21.5. The quantitative estimate of drug-likeness (QED) is 0.222. The number of aromatic amines is 2. The fourth-order valence-electron chi connectivity index (χ4n) is 5.29. The summed E-state index contributed by atoms with van der Waals surface area (Å²) in [5, 5.41) is 12.3. The van der Waals surface area contributed by atoms with Gasteiger partial charge >= 0.3 is 0 Å². The Morgan fingerprint density at radius 1 is 1.08 bits per heavy atom. The molecule has 0 spiro atoms. The summed E-state index contributed by atoms with van der Waals surface area (Å²) in [4.78, 5) is 17.2. The number of fused-ring (bicyclic) bond motifs is 2. The van der Waals surface area contributed by atoms with Gasteiger partial charge in [-0.25, -0.2) is 4.98 Å². The Kier molecular flexibility index (Phi) is 6.67. The first-order valence-corrected chi connectivity index (χ1v) is 13.2. The molecule has 0 amide bonds. The Balaban J connectivity index is 1.36. The highest BCUT2D eigenvalue weighted by atomic mass is 15.1. The molecule has 3 N–H and O–H groups in total. The summed E-state index contributed by atoms with van der Waals surface area (Å²) in [6.07, 6.45) is 15.3. The highest BCUT2D eigenvalue weighted by Gasteiger charge is 2.17. The predicted molar refractivity (Wildman–Crippen MR) is 154 cm³/mol. The molecule has 0 unspecified atom stereocenters. The number of rotatable bonds is 7. The molecule has 5 aromatic rings. The second-order valence-electron chi connectivity index (χ2n) is 9.78. The second kappa shape index (κ2) is 10.6. The summed E-state index contributed by atoms with van der Waals surface area (Å²) in [6, 6.07) is 12.3. The Morgan fingerprint density at radius 2 is 1.97 bits per heavy atom. The van der Waals surface area contributed by atoms with Crippen molar-refractivity contribution in [1.82, 2.24) is 35.5 Å². The van der Waals surface area contributed by atoms with E-state index in [2.05, 4.69) is 74.3 Å². The summed E-state index contributed by atoms with van der Waals surface area (Å²) in [7, 11) is 0. The first-order valence-electron chi connectivity index (χ1n) is 13.2. The van der Waals surface area contributed by atoms with Gasteiger partial charge in [0.2, 0.25) is 0 Å². The van der Waals surface area contributed by atoms with Crippen molar-refractivity contribution < 1.29 is 0 Å². The molecule has 7 nitrogen and oxygen atoms in total. The summed E-state index contributed by atoms with van der Waals surface area (Å²) < 4.78 is 0. The summed E-state index contributed by atoms with van der Waals surface area (Å²) in [5.41, 5.74) is 8.78. The average molecular weight is 502 g/mol. The number of aromatic nitrogens is 6. The van der Waals surface area contributed by atoms with E-state index in [4.69, 9.17) is 4.98 Å². The van der Waals surface area contributed by atoms with Gasteiger partial charge in [-0.3, -0.25) is 15.1 Å². The van der Waals surface area contributed by atoms with Crippen molar-refractivity contribution in [2.45, 2.75) is 26.2 Å². The lowest BCUT2D eigenvalue weighted by atomic mass is 9.89. The number of nitrogens with one attached hydrogen (secondary N) is 3. The second-order valence-corrected chi connectivity index (χ2v) is 9.78. The molecule has 190 valence electrons. The van der Waals surface area contributed by atoms with Crippen molar-refractivity contribution in [2.24, 2.45) is 5.92 Å². The van der Waals surface area contributed by atoms with Crippen LogP contribution in [0.2, 0.25) is 0 Å². The number of imidazole rings is 1. The van der Waals surface area contributed by atoms with E-state index in [0.717, 1.165) is 64.0 Å². The van der Waals surface area contributed by atoms with Crippen LogP contribution in [0.4, 0.5) is 0 Å². The Morgan fingerprint density at radius 3 is 2.76 bits per heavy atom. The minimum absolute atomic E-state index is 0.705. The minimum atomic E-state index is 0.705. The van der Waals surface area contributed by atoms with Crippen LogP contribution in [0, 0.1) is 5.92 Å². The van der Waals surface area contributed by atoms with Crippen LogP contribution in [0.5, 0.6) is 0 Å². The molecule has 4 aromatic heterocycles. The molecular weight excluding hydrogens is 470 g/mol. The summed E-state index contributed by atoms with van der Waals surface area (Å²) in [6.45, 7) is 8.40. The van der Waals surface area contributed by atoms with Crippen LogP contribution in [-0.2, 0) is 0 Å². The highest BCUT2D eigenvalue weighted by Crippen LogP contribution is 2.32. The van der Waals surface area contributed by atoms with E-state index >= 15 is 0 Å². The lowest BCUT2D eigenvalue weighted by Crippen LogP contribution is -2.27. The number of piperidine rings is 1. The van der Waals surface area contributed by atoms with Gasteiger partial charge in [-0.2, -0.15) is 5.10 Å². The fourth-order valence-corrected chi connectivity index (χ4v) is 5.29. The molecule has 5 heterocycles. The molecular formula is C31H31N7. The van der Waals surface area contributed by atoms with Gasteiger partial charge in [0.05, 0.1) is 16.7 Å². The van der Waals surface area contributed by atoms with Crippen molar-refractivity contribution in [3.8, 4) is 22.8 Å². The fraction of sp³-hybridized carbons (Fsp3) is 0.226. The molecule has 7 heteroatoms. The molecule has 0 saturated carbocycles. The maximum atomic E-state index is 4.93. The Hall–Kier alpha value is -4.36. The number of pyridine rings is 2. The maximum absolute atomic E-state index is 4.93. The molecule has 1 aliphatic heterocycles. The van der Waals surface area contributed by atoms with Crippen LogP contribution in [0.3, 0.4) is 0 Å². The molecule has 0 atom stereocenters. The first kappa shape index (κ1) is 24.0. The van der Waals surface area contributed by atoms with Gasteiger partial charge < -0.3 is 10.3 Å². The van der Waals surface area contributed by atoms with Gasteiger partial charge in [0, 0.05) is 29.5 Å². The zero-order chi connectivity index (χ0) is 25.9. The van der Waals surface area contributed by atoms with Crippen LogP contribution in [0.1, 0.15) is 31.7 Å². The van der Waals surface area contributed by atoms with Gasteiger partial charge in [-0.1, -0.05) is 30.9 Å². The third kappa shape index (κ3) is 4.68. The van der Waals surface area contributed by atoms with Crippen LogP contribution in [0.25, 0.3) is 50.3 Å². The van der Waals surface area contributed by atoms with Crippen molar-refractivity contribution in [3.63, 3.8) is 0 Å². The van der Waals surface area contributed by atoms with E-state index in [9.17, 15) is 0 Å². The largest absolute Gasteiger partial charge is 0.336 e. The van der Waals surface area contributed by atoms with Gasteiger partial charge in [0.1, 0.15) is 11.2 Å². The van der Waals surface area contributed by atoms with Crippen molar-refractivity contribution in [1.29, 1.82) is 0 Å². The number of hydrogen-bond acceptors (Lipinski definition) is 5. The lowest BCUT2D eigenvalue weighted by molar-refractivity contribution is 0.374. The molecule has 6 rings (SSSR count). The van der Waals surface area contributed by atoms with Gasteiger partial charge in [0.25, 0.3) is 0 Å². The molecule has 38 heavy (non-hydrogen) atoms. The lowest BCUT2D eigenvalue weighted by Gasteiger charge is -2.23. The number of H-pyrrole nitrogens is 2. The van der Waals surface area contributed by atoms with Crippen LogP contribution < -0.4 is 5.32 Å². The van der Waals surface area contributed by atoms with Crippen molar-refractivity contribution >= 4 is 27.5 Å². The average Bonchev–Trinajstić information content (AvgIpc) is 3.60. The van der Waals surface area contributed by atoms with E-state index < -0.39 is 0 Å². The van der Waals surface area contributed by atoms with Crippen molar-refractivity contribution in [2.75, 3.05) is 13.1 Å². The third-order valence-corrected chi connectivity index (χ3v) is 7.35. The number of benzene rings is 1. The normalized spacial score (nSPS) is 15.4. The van der Waals surface area contributed by atoms with Crippen LogP contribution in [-0.4, -0.2) is 43.2 Å². The SMILES string of the molecule is C=C/C(=C\C(=C/C)c1ccc2[nH]nc(-c3nc4c(-c5cccnc5)nccc4[nH]3)c2c1)CC1CCNCC1. The van der Waals surface area contributed by atoms with Gasteiger partial charge in [-0.15, -0.1) is 0 Å². The van der Waals surface area contributed by atoms with Gasteiger partial charge in [-0.05, 0) is 92.2 Å². The van der Waals surface area contributed by atoms with E-state index in [1.165, 1.54) is 24.0 Å². The molecule has 0 radical (unpaired) electrons. The standard InChI is InChI=1S/C31H31N7/c1-3-20(16-21-9-13-32-14-10-21)17-22(4-2)23-7-8-26-25(18-23)29(38-37-26)31-35-27-11-15-34-28(30(27)36-31)24-6-5-12-33-19-24/h3-8,11-12,15,17-19,21,32H,1,9-10,13-14,16H2,2H3,(H,35,36)(H,37,38)/b20-17+,22-4+. The van der Waals surface area contributed by atoms with Gasteiger partial charge in [0.15, 0.2) is 5.82 Å². The van der Waals surface area contributed by atoms with Crippen LogP contribution >= 0.6 is 0 Å². The zero-order valence-electron chi connectivity index (χ0n) is 21.5. The molecule has 1 saturated heterocycles. The molecule has 0 aliphatic carbocycles. The molecule has 0 bridgehead atoms. The molecule has 1 aliphatic rings. The Labute approximate surface area is 221 Å². The van der Waals surface area contributed by atoms with E-state index in [-0.39, 0.29) is 0 Å². The minimum Gasteiger partial charge on any atom is -0.336 e. The Bertz CT molecular complexity index is 1650. The maximum Gasteiger partial charge on any atom is 0.159 e. The van der Waals surface area contributed by atoms with E-state index in [1.807, 2.05) is 24.3 Å². The van der Waals surface area contributed by atoms with E-state index in [0.29, 0.717) is 11.7 Å². The number of allylic oxidation sites excluding steroid dienone is 5. The van der Waals surface area contributed by atoms with Crippen LogP contribution in [0.15, 0.2) is 85.4 Å². The summed E-state index contributed by atoms with van der Waals surface area (Å²) >= 11 is 0. The smallest absolute Gasteiger partial charge is 0.159 e. The monoisotopic (exact) mass is 501 g/mol. The molecule has 1 aromatic carbocycles. The topological polar surface area (TPSA) is 95.2 Å². The number of hydrogen-bond donors (Lipinski definition) is 3. The third-order valence-electron chi connectivity index (χ3n) is 7.35. The first-order chi connectivity index (χ1) is 18.7. The van der Waals surface area contributed by atoms with Crippen molar-refractivity contribution in [3.05, 3.63) is 90.9 Å².